The van der Waals surface area contributed by atoms with Crippen molar-refractivity contribution in [3.8, 4) is 10.6 Å². The number of hydrogen-bond acceptors (Lipinski definition) is 4. The molecule has 5 rings (SSSR count). The Morgan fingerprint density at radius 2 is 2.08 bits per heavy atom. The summed E-state index contributed by atoms with van der Waals surface area (Å²) in [6.45, 7) is 6.34. The van der Waals surface area contributed by atoms with Crippen LogP contribution in [0.2, 0.25) is 0 Å². The van der Waals surface area contributed by atoms with Gasteiger partial charge in [0.15, 0.2) is 0 Å². The molecule has 4 nitrogen and oxygen atoms in total. The van der Waals surface area contributed by atoms with Gasteiger partial charge in [0.05, 0.1) is 22.5 Å². The molecule has 0 saturated carbocycles. The highest BCUT2D eigenvalue weighted by Gasteiger charge is 2.46. The Balaban J connectivity index is 1.39. The summed E-state index contributed by atoms with van der Waals surface area (Å²) in [4.78, 5) is 13.4. The number of hydrogen-bond donors (Lipinski definition) is 0. The van der Waals surface area contributed by atoms with Gasteiger partial charge in [-0.15, -0.1) is 11.3 Å². The fraction of sp³-hybridized carbons (Fsp3) is 0.400. The molecule has 0 aliphatic carbocycles. The third-order valence-corrected chi connectivity index (χ3v) is 6.57. The van der Waals surface area contributed by atoms with Gasteiger partial charge in [0.25, 0.3) is 0 Å². The van der Waals surface area contributed by atoms with Gasteiger partial charge in [-0.25, -0.2) is 4.98 Å². The first kappa shape index (κ1) is 15.3. The largest absolute Gasteiger partial charge is 0.327 e. The van der Waals surface area contributed by atoms with E-state index in [9.17, 15) is 0 Å². The van der Waals surface area contributed by atoms with Crippen LogP contribution in [0, 0.1) is 6.92 Å². The van der Waals surface area contributed by atoms with Gasteiger partial charge in [0, 0.05) is 30.7 Å². The van der Waals surface area contributed by atoms with E-state index < -0.39 is 0 Å². The summed E-state index contributed by atoms with van der Waals surface area (Å²) < 4.78 is 2.46. The molecular formula is C20H22N4S. The number of imidazole rings is 1. The van der Waals surface area contributed by atoms with Crippen LogP contribution in [0.1, 0.15) is 30.1 Å². The number of aromatic nitrogens is 3. The van der Waals surface area contributed by atoms with Gasteiger partial charge in [-0.05, 0) is 49.9 Å². The van der Waals surface area contributed by atoms with Crippen molar-refractivity contribution in [2.24, 2.45) is 0 Å². The SMILES string of the molecule is Cc1cccc(CN2CC[C@]3(CCn4c(-c5cccs5)cnc43)C2)n1. The number of thiophene rings is 1. The zero-order valence-electron chi connectivity index (χ0n) is 14.5. The van der Waals surface area contributed by atoms with Crippen LogP contribution in [0.4, 0.5) is 0 Å². The Morgan fingerprint density at radius 3 is 2.92 bits per heavy atom. The second-order valence-corrected chi connectivity index (χ2v) is 8.30. The lowest BCUT2D eigenvalue weighted by atomic mass is 9.85. The molecule has 5 heterocycles. The summed E-state index contributed by atoms with van der Waals surface area (Å²) in [6, 6.07) is 10.6. The van der Waals surface area contributed by atoms with Gasteiger partial charge < -0.3 is 4.57 Å². The monoisotopic (exact) mass is 350 g/mol. The second kappa shape index (κ2) is 5.78. The van der Waals surface area contributed by atoms with Crippen LogP contribution in [-0.2, 0) is 18.5 Å². The van der Waals surface area contributed by atoms with Gasteiger partial charge in [-0.2, -0.15) is 0 Å². The predicted octanol–water partition coefficient (Wildman–Crippen LogP) is 3.86. The Hall–Kier alpha value is -1.98. The maximum absolute atomic E-state index is 4.87. The molecule has 0 aromatic carbocycles. The molecule has 25 heavy (non-hydrogen) atoms. The molecular weight excluding hydrogens is 328 g/mol. The fourth-order valence-electron chi connectivity index (χ4n) is 4.48. The standard InChI is InChI=1S/C20H22N4S/c1-15-4-2-5-16(22-15)13-23-9-7-20(14-23)8-10-24-17(12-21-19(20)24)18-6-3-11-25-18/h2-6,11-12H,7-10,13-14H2,1H3/t20-/m0/s1. The molecule has 1 fully saturated rings. The molecule has 0 bridgehead atoms. The first-order valence-electron chi connectivity index (χ1n) is 8.98. The van der Waals surface area contributed by atoms with Crippen molar-refractivity contribution in [3.05, 3.63) is 59.1 Å². The van der Waals surface area contributed by atoms with Crippen molar-refractivity contribution >= 4 is 11.3 Å². The van der Waals surface area contributed by atoms with Gasteiger partial charge in [-0.1, -0.05) is 12.1 Å². The molecule has 2 aliphatic heterocycles. The summed E-state index contributed by atoms with van der Waals surface area (Å²) in [5.74, 6) is 1.30. The Morgan fingerprint density at radius 1 is 1.16 bits per heavy atom. The minimum atomic E-state index is 0.235. The van der Waals surface area contributed by atoms with Crippen LogP contribution in [0.25, 0.3) is 10.6 Å². The average Bonchev–Trinajstić information content (AvgIpc) is 3.36. The molecule has 0 N–H and O–H groups in total. The molecule has 1 saturated heterocycles. The van der Waals surface area contributed by atoms with E-state index in [0.29, 0.717) is 0 Å². The smallest absolute Gasteiger partial charge is 0.116 e. The van der Waals surface area contributed by atoms with Crippen LogP contribution < -0.4 is 0 Å². The number of rotatable bonds is 3. The van der Waals surface area contributed by atoms with E-state index in [1.54, 1.807) is 11.3 Å². The number of pyridine rings is 1. The number of nitrogens with zero attached hydrogens (tertiary/aromatic N) is 4. The van der Waals surface area contributed by atoms with Crippen LogP contribution in [0.5, 0.6) is 0 Å². The van der Waals surface area contributed by atoms with Crippen molar-refractivity contribution < 1.29 is 0 Å². The van der Waals surface area contributed by atoms with E-state index in [-0.39, 0.29) is 5.41 Å². The highest BCUT2D eigenvalue weighted by Crippen LogP contribution is 2.44. The van der Waals surface area contributed by atoms with E-state index >= 15 is 0 Å². The van der Waals surface area contributed by atoms with Gasteiger partial charge >= 0.3 is 0 Å². The van der Waals surface area contributed by atoms with Crippen molar-refractivity contribution in [1.82, 2.24) is 19.4 Å². The zero-order valence-corrected chi connectivity index (χ0v) is 15.3. The van der Waals surface area contributed by atoms with E-state index in [1.165, 1.54) is 34.9 Å². The predicted molar refractivity (Wildman–Crippen MR) is 101 cm³/mol. The van der Waals surface area contributed by atoms with Crippen LogP contribution in [-0.4, -0.2) is 32.5 Å². The van der Waals surface area contributed by atoms with E-state index in [2.05, 4.69) is 63.3 Å². The summed E-state index contributed by atoms with van der Waals surface area (Å²) in [5.41, 5.74) is 3.81. The van der Waals surface area contributed by atoms with Crippen LogP contribution in [0.15, 0.2) is 41.9 Å². The van der Waals surface area contributed by atoms with Gasteiger partial charge in [-0.3, -0.25) is 9.88 Å². The molecule has 3 aromatic heterocycles. The van der Waals surface area contributed by atoms with Crippen molar-refractivity contribution in [3.63, 3.8) is 0 Å². The van der Waals surface area contributed by atoms with Crippen LogP contribution >= 0.6 is 11.3 Å². The summed E-state index contributed by atoms with van der Waals surface area (Å²) in [7, 11) is 0. The van der Waals surface area contributed by atoms with Crippen molar-refractivity contribution in [1.29, 1.82) is 0 Å². The molecule has 3 aromatic rings. The topological polar surface area (TPSA) is 34.0 Å². The maximum Gasteiger partial charge on any atom is 0.116 e. The molecule has 0 unspecified atom stereocenters. The molecule has 5 heteroatoms. The van der Waals surface area contributed by atoms with E-state index in [1.807, 2.05) is 0 Å². The normalized spacial score (nSPS) is 22.8. The summed E-state index contributed by atoms with van der Waals surface area (Å²) in [5, 5.41) is 2.14. The quantitative estimate of drug-likeness (QED) is 0.719. The Bertz CT molecular complexity index is 898. The van der Waals surface area contributed by atoms with Crippen molar-refractivity contribution in [2.75, 3.05) is 13.1 Å². The van der Waals surface area contributed by atoms with Crippen molar-refractivity contribution in [2.45, 2.75) is 38.3 Å². The summed E-state index contributed by atoms with van der Waals surface area (Å²) in [6.07, 6.45) is 4.50. The first-order chi connectivity index (χ1) is 12.2. The lowest BCUT2D eigenvalue weighted by molar-refractivity contribution is 0.296. The molecule has 2 aliphatic rings. The third-order valence-electron chi connectivity index (χ3n) is 5.68. The second-order valence-electron chi connectivity index (χ2n) is 7.36. The summed E-state index contributed by atoms with van der Waals surface area (Å²) >= 11 is 1.80. The van der Waals surface area contributed by atoms with Gasteiger partial charge in [0.2, 0.25) is 0 Å². The van der Waals surface area contributed by atoms with Gasteiger partial charge in [0.1, 0.15) is 5.82 Å². The average molecular weight is 350 g/mol. The Labute approximate surface area is 152 Å². The molecule has 0 radical (unpaired) electrons. The lowest BCUT2D eigenvalue weighted by Crippen LogP contribution is -2.29. The lowest BCUT2D eigenvalue weighted by Gasteiger charge is -2.22. The fourth-order valence-corrected chi connectivity index (χ4v) is 5.22. The maximum atomic E-state index is 4.87. The molecule has 0 amide bonds. The van der Waals surface area contributed by atoms with Crippen LogP contribution in [0.3, 0.4) is 0 Å². The highest BCUT2D eigenvalue weighted by atomic mass is 32.1. The number of fused-ring (bicyclic) bond motifs is 2. The minimum Gasteiger partial charge on any atom is -0.327 e. The molecule has 128 valence electrons. The number of aryl methyl sites for hydroxylation is 1. The molecule has 1 atom stereocenters. The first-order valence-corrected chi connectivity index (χ1v) is 9.86. The highest BCUT2D eigenvalue weighted by molar-refractivity contribution is 7.13. The third kappa shape index (κ3) is 2.53. The minimum absolute atomic E-state index is 0.235. The number of likely N-dealkylation sites (tertiary alicyclic amines) is 1. The molecule has 1 spiro atoms. The zero-order chi connectivity index (χ0) is 16.9. The Kier molecular flexibility index (Phi) is 3.54. The van der Waals surface area contributed by atoms with E-state index in [0.717, 1.165) is 31.9 Å². The van der Waals surface area contributed by atoms with E-state index in [4.69, 9.17) is 4.98 Å².